The fourth-order valence-electron chi connectivity index (χ4n) is 5.36. The predicted molar refractivity (Wildman–Crippen MR) is 120 cm³/mol. The van der Waals surface area contributed by atoms with Gasteiger partial charge in [0, 0.05) is 31.0 Å². The molecule has 7 heteroatoms. The van der Waals surface area contributed by atoms with Crippen LogP contribution in [0.15, 0.2) is 41.7 Å². The number of nitrogens with zero attached hydrogens (tertiary/aromatic N) is 2. The third-order valence-electron chi connectivity index (χ3n) is 6.97. The van der Waals surface area contributed by atoms with E-state index in [1.165, 1.54) is 0 Å². The first-order valence-electron chi connectivity index (χ1n) is 11.4. The number of fused-ring (bicyclic) bond motifs is 1. The molecule has 1 aromatic carbocycles. The molecule has 3 aliphatic heterocycles. The molecule has 1 aliphatic carbocycles. The number of hydrogen-bond donors (Lipinski definition) is 0. The molecule has 6 nitrogen and oxygen atoms in total. The van der Waals surface area contributed by atoms with Gasteiger partial charge in [-0.1, -0.05) is 46.3 Å². The van der Waals surface area contributed by atoms with Gasteiger partial charge in [-0.3, -0.25) is 14.5 Å². The minimum atomic E-state index is -0.349. The van der Waals surface area contributed by atoms with Gasteiger partial charge in [0.2, 0.25) is 0 Å². The van der Waals surface area contributed by atoms with E-state index in [0.717, 1.165) is 64.1 Å². The Morgan fingerprint density at radius 1 is 1.03 bits per heavy atom. The van der Waals surface area contributed by atoms with Crippen molar-refractivity contribution in [3.8, 4) is 0 Å². The first-order chi connectivity index (χ1) is 15.1. The summed E-state index contributed by atoms with van der Waals surface area (Å²) >= 11 is 3.69. The molecule has 0 aromatic heterocycles. The van der Waals surface area contributed by atoms with Gasteiger partial charge in [-0.2, -0.15) is 0 Å². The lowest BCUT2D eigenvalue weighted by Crippen LogP contribution is -2.41. The second-order valence-electron chi connectivity index (χ2n) is 8.90. The number of Topliss-reactive ketones (excluding diaryl/α,β-unsaturated/α-hetero) is 1. The number of ketones is 1. The summed E-state index contributed by atoms with van der Waals surface area (Å²) in [7, 11) is 0. The highest BCUT2D eigenvalue weighted by molar-refractivity contribution is 9.09. The van der Waals surface area contributed by atoms with Gasteiger partial charge in [-0.05, 0) is 31.2 Å². The third-order valence-corrected chi connectivity index (χ3v) is 7.80. The second-order valence-corrected chi connectivity index (χ2v) is 10.2. The first kappa shape index (κ1) is 21.2. The van der Waals surface area contributed by atoms with Crippen molar-refractivity contribution in [1.82, 2.24) is 9.80 Å². The Bertz CT molecular complexity index is 868. The van der Waals surface area contributed by atoms with Gasteiger partial charge in [0.1, 0.15) is 6.10 Å². The van der Waals surface area contributed by atoms with Crippen molar-refractivity contribution >= 4 is 27.6 Å². The summed E-state index contributed by atoms with van der Waals surface area (Å²) in [5, 5.41) is 0. The number of halogens is 1. The van der Waals surface area contributed by atoms with Gasteiger partial charge in [0.25, 0.3) is 5.91 Å². The zero-order chi connectivity index (χ0) is 21.4. The van der Waals surface area contributed by atoms with Gasteiger partial charge in [-0.15, -0.1) is 0 Å². The summed E-state index contributed by atoms with van der Waals surface area (Å²) in [6.07, 6.45) is 3.24. The smallest absolute Gasteiger partial charge is 0.290 e. The molecule has 0 spiro atoms. The van der Waals surface area contributed by atoms with E-state index in [9.17, 15) is 9.59 Å². The summed E-state index contributed by atoms with van der Waals surface area (Å²) in [6.45, 7) is 4.93. The normalized spacial score (nSPS) is 31.5. The number of carbonyl (C=O) groups excluding carboxylic acids is 2. The number of rotatable bonds is 5. The topological polar surface area (TPSA) is 59.1 Å². The van der Waals surface area contributed by atoms with Crippen molar-refractivity contribution < 1.29 is 19.1 Å². The largest absolute Gasteiger partial charge is 0.483 e. The number of ether oxygens (including phenoxy) is 2. The van der Waals surface area contributed by atoms with Gasteiger partial charge in [-0.25, -0.2) is 0 Å². The third kappa shape index (κ3) is 4.08. The van der Waals surface area contributed by atoms with Crippen molar-refractivity contribution in [2.24, 2.45) is 5.92 Å². The van der Waals surface area contributed by atoms with Crippen LogP contribution in [0.2, 0.25) is 0 Å². The minimum absolute atomic E-state index is 0.105. The summed E-state index contributed by atoms with van der Waals surface area (Å²) in [5.74, 6) is 0.121. The van der Waals surface area contributed by atoms with Crippen LogP contribution < -0.4 is 0 Å². The number of benzene rings is 1. The lowest BCUT2D eigenvalue weighted by Gasteiger charge is -2.37. The fraction of sp³-hybridized carbons (Fsp3) is 0.583. The Hall–Kier alpha value is -1.70. The average Bonchev–Trinajstić information content (AvgIpc) is 3.08. The lowest BCUT2D eigenvalue weighted by molar-refractivity contribution is -0.135. The van der Waals surface area contributed by atoms with Crippen LogP contribution in [0.4, 0.5) is 0 Å². The molecule has 2 fully saturated rings. The van der Waals surface area contributed by atoms with Crippen LogP contribution in [-0.2, 0) is 19.1 Å². The maximum absolute atomic E-state index is 13.6. The number of morpholine rings is 1. The van der Waals surface area contributed by atoms with Gasteiger partial charge >= 0.3 is 0 Å². The average molecular weight is 489 g/mol. The molecule has 0 radical (unpaired) electrons. The van der Waals surface area contributed by atoms with Crippen LogP contribution >= 0.6 is 15.9 Å². The molecule has 166 valence electrons. The van der Waals surface area contributed by atoms with Crippen molar-refractivity contribution in [2.45, 2.75) is 42.7 Å². The summed E-state index contributed by atoms with van der Waals surface area (Å²) in [5.41, 5.74) is 1.55. The van der Waals surface area contributed by atoms with E-state index in [1.54, 1.807) is 0 Å². The highest BCUT2D eigenvalue weighted by Gasteiger charge is 2.52. The number of alkyl halides is 1. The Morgan fingerprint density at radius 2 is 1.81 bits per heavy atom. The first-order valence-corrected chi connectivity index (χ1v) is 12.3. The zero-order valence-electron chi connectivity index (χ0n) is 17.7. The molecule has 1 amide bonds. The molecule has 1 aromatic rings. The fourth-order valence-corrected chi connectivity index (χ4v) is 6.03. The predicted octanol–water partition coefficient (Wildman–Crippen LogP) is 3.08. The van der Waals surface area contributed by atoms with Crippen molar-refractivity contribution in [3.63, 3.8) is 0 Å². The molecule has 0 N–H and O–H groups in total. The molecular weight excluding hydrogens is 460 g/mol. The SMILES string of the molecule is O=C1C2=C(OC3CCC(Br)CC13)C(=O)N(CCCN1CCOCC1)C2c1ccccc1. The molecule has 0 bridgehead atoms. The quantitative estimate of drug-likeness (QED) is 0.596. The molecule has 3 heterocycles. The Kier molecular flexibility index (Phi) is 6.17. The number of hydrogen-bond acceptors (Lipinski definition) is 5. The highest BCUT2D eigenvalue weighted by Crippen LogP contribution is 2.47. The van der Waals surface area contributed by atoms with Crippen LogP contribution in [-0.4, -0.2) is 71.8 Å². The van der Waals surface area contributed by atoms with E-state index in [0.29, 0.717) is 22.7 Å². The maximum Gasteiger partial charge on any atom is 0.290 e. The lowest BCUT2D eigenvalue weighted by atomic mass is 9.77. The van der Waals surface area contributed by atoms with Gasteiger partial charge < -0.3 is 14.4 Å². The molecular formula is C24H29BrN2O4. The Balaban J connectivity index is 1.40. The van der Waals surface area contributed by atoms with E-state index >= 15 is 0 Å². The maximum atomic E-state index is 13.6. The monoisotopic (exact) mass is 488 g/mol. The van der Waals surface area contributed by atoms with Crippen LogP contribution in [0.3, 0.4) is 0 Å². The molecule has 31 heavy (non-hydrogen) atoms. The Labute approximate surface area is 191 Å². The van der Waals surface area contributed by atoms with Crippen molar-refractivity contribution in [1.29, 1.82) is 0 Å². The van der Waals surface area contributed by atoms with E-state index in [2.05, 4.69) is 20.8 Å². The van der Waals surface area contributed by atoms with E-state index in [1.807, 2.05) is 35.2 Å². The van der Waals surface area contributed by atoms with Crippen LogP contribution in [0.25, 0.3) is 0 Å². The van der Waals surface area contributed by atoms with Crippen LogP contribution in [0.5, 0.6) is 0 Å². The standard InChI is InChI=1S/C24H29BrN2O4/c25-17-7-8-19-18(15-17)22(28)20-21(16-5-2-1-3-6-16)27(24(29)23(20)31-19)10-4-9-26-11-13-30-14-12-26/h1-3,5-6,17-19,21H,4,7-15H2. The van der Waals surface area contributed by atoms with Crippen molar-refractivity contribution in [3.05, 3.63) is 47.2 Å². The molecule has 4 atom stereocenters. The van der Waals surface area contributed by atoms with Crippen LogP contribution in [0, 0.1) is 5.92 Å². The van der Waals surface area contributed by atoms with Gasteiger partial charge in [0.15, 0.2) is 11.5 Å². The molecule has 5 rings (SSSR count). The number of carbonyl (C=O) groups is 2. The van der Waals surface area contributed by atoms with Crippen LogP contribution in [0.1, 0.15) is 37.3 Å². The Morgan fingerprint density at radius 3 is 2.58 bits per heavy atom. The summed E-state index contributed by atoms with van der Waals surface area (Å²) in [6, 6.07) is 9.57. The molecule has 1 saturated heterocycles. The van der Waals surface area contributed by atoms with E-state index < -0.39 is 0 Å². The molecule has 4 unspecified atom stereocenters. The minimum Gasteiger partial charge on any atom is -0.483 e. The number of amides is 1. The zero-order valence-corrected chi connectivity index (χ0v) is 19.3. The molecule has 4 aliphatic rings. The van der Waals surface area contributed by atoms with E-state index in [-0.39, 0.29) is 29.8 Å². The summed E-state index contributed by atoms with van der Waals surface area (Å²) in [4.78, 5) is 31.6. The van der Waals surface area contributed by atoms with Crippen molar-refractivity contribution in [2.75, 3.05) is 39.4 Å². The van der Waals surface area contributed by atoms with E-state index in [4.69, 9.17) is 9.47 Å². The second kappa shape index (κ2) is 9.04. The highest BCUT2D eigenvalue weighted by atomic mass is 79.9. The summed E-state index contributed by atoms with van der Waals surface area (Å²) < 4.78 is 11.7. The molecule has 1 saturated carbocycles. The van der Waals surface area contributed by atoms with Gasteiger partial charge in [0.05, 0.1) is 30.7 Å².